The fourth-order valence-corrected chi connectivity index (χ4v) is 1.81. The summed E-state index contributed by atoms with van der Waals surface area (Å²) in [7, 11) is 1.70. The van der Waals surface area contributed by atoms with Crippen LogP contribution in [-0.2, 0) is 16.0 Å². The van der Waals surface area contributed by atoms with Gasteiger partial charge in [0.1, 0.15) is 5.75 Å². The highest BCUT2D eigenvalue weighted by molar-refractivity contribution is 5.95. The topological polar surface area (TPSA) is 72.6 Å². The molecule has 0 atom stereocenters. The number of primary amides is 1. The lowest BCUT2D eigenvalue weighted by Gasteiger charge is -2.17. The Balaban J connectivity index is 2.38. The molecule has 0 aromatic heterocycles. The Morgan fingerprint density at radius 1 is 1.53 bits per heavy atom. The normalized spacial score (nSPS) is 14.9. The fraction of sp³-hybridized carbons (Fsp3) is 0.333. The van der Waals surface area contributed by atoms with Gasteiger partial charge < -0.3 is 15.4 Å². The van der Waals surface area contributed by atoms with E-state index in [4.69, 9.17) is 10.5 Å². The molecule has 1 heterocycles. The van der Waals surface area contributed by atoms with Crippen molar-refractivity contribution < 1.29 is 14.3 Å². The zero-order chi connectivity index (χ0) is 12.4. The molecule has 90 valence electrons. The van der Waals surface area contributed by atoms with E-state index in [0.717, 1.165) is 5.56 Å². The van der Waals surface area contributed by atoms with Crippen LogP contribution >= 0.6 is 0 Å². The maximum absolute atomic E-state index is 11.7. The van der Waals surface area contributed by atoms with Crippen LogP contribution in [0.1, 0.15) is 12.0 Å². The van der Waals surface area contributed by atoms with Crippen LogP contribution in [0.25, 0.3) is 0 Å². The van der Waals surface area contributed by atoms with Crippen LogP contribution in [0.15, 0.2) is 18.2 Å². The first kappa shape index (κ1) is 11.4. The Bertz CT molecular complexity index is 471. The van der Waals surface area contributed by atoms with E-state index in [0.29, 0.717) is 24.5 Å². The average molecular weight is 234 g/mol. The molecule has 0 aliphatic carbocycles. The van der Waals surface area contributed by atoms with E-state index >= 15 is 0 Å². The third-order valence-corrected chi connectivity index (χ3v) is 2.71. The quantitative estimate of drug-likeness (QED) is 0.808. The second-order valence-electron chi connectivity index (χ2n) is 4.00. The van der Waals surface area contributed by atoms with Gasteiger partial charge in [-0.25, -0.2) is 0 Å². The molecule has 17 heavy (non-hydrogen) atoms. The van der Waals surface area contributed by atoms with E-state index in [-0.39, 0.29) is 12.3 Å². The van der Waals surface area contributed by atoms with Crippen molar-refractivity contribution in [3.63, 3.8) is 0 Å². The van der Waals surface area contributed by atoms with E-state index < -0.39 is 5.91 Å². The molecule has 5 nitrogen and oxygen atoms in total. The summed E-state index contributed by atoms with van der Waals surface area (Å²) in [5.41, 5.74) is 6.61. The Labute approximate surface area is 99.2 Å². The van der Waals surface area contributed by atoms with Gasteiger partial charge in [-0.2, -0.15) is 0 Å². The molecule has 2 N–H and O–H groups in total. The van der Waals surface area contributed by atoms with Crippen molar-refractivity contribution in [2.75, 3.05) is 18.6 Å². The summed E-state index contributed by atoms with van der Waals surface area (Å²) >= 11 is 0. The van der Waals surface area contributed by atoms with Crippen LogP contribution in [0.4, 0.5) is 5.69 Å². The second-order valence-corrected chi connectivity index (χ2v) is 4.00. The predicted molar refractivity (Wildman–Crippen MR) is 62.9 cm³/mol. The zero-order valence-corrected chi connectivity index (χ0v) is 9.60. The van der Waals surface area contributed by atoms with E-state index in [9.17, 15) is 9.59 Å². The largest absolute Gasteiger partial charge is 0.491 e. The van der Waals surface area contributed by atoms with E-state index in [1.807, 2.05) is 0 Å². The highest BCUT2D eigenvalue weighted by Gasteiger charge is 2.20. The van der Waals surface area contributed by atoms with Crippen molar-refractivity contribution in [3.8, 4) is 5.75 Å². The molecule has 2 rings (SSSR count). The van der Waals surface area contributed by atoms with Crippen molar-refractivity contribution in [2.45, 2.75) is 12.8 Å². The molecular weight excluding hydrogens is 220 g/mol. The molecule has 1 aromatic rings. The first-order chi connectivity index (χ1) is 8.08. The summed E-state index contributed by atoms with van der Waals surface area (Å²) in [5, 5.41) is 0. The monoisotopic (exact) mass is 234 g/mol. The SMILES string of the molecule is CN1C(=O)CCOc2ccc(CC(N)=O)cc21. The smallest absolute Gasteiger partial charge is 0.230 e. The van der Waals surface area contributed by atoms with Crippen molar-refractivity contribution in [3.05, 3.63) is 23.8 Å². The van der Waals surface area contributed by atoms with Gasteiger partial charge in [-0.15, -0.1) is 0 Å². The summed E-state index contributed by atoms with van der Waals surface area (Å²) in [6.45, 7) is 0.380. The number of nitrogens with zero attached hydrogens (tertiary/aromatic N) is 1. The molecule has 0 spiro atoms. The molecule has 0 unspecified atom stereocenters. The van der Waals surface area contributed by atoms with Crippen molar-refractivity contribution in [1.82, 2.24) is 0 Å². The summed E-state index contributed by atoms with van der Waals surface area (Å²) in [5.74, 6) is 0.264. The van der Waals surface area contributed by atoms with Gasteiger partial charge in [-0.05, 0) is 17.7 Å². The van der Waals surface area contributed by atoms with Gasteiger partial charge in [-0.1, -0.05) is 6.07 Å². The predicted octanol–water partition coefficient (Wildman–Crippen LogP) is 0.460. The van der Waals surface area contributed by atoms with Gasteiger partial charge in [0.2, 0.25) is 11.8 Å². The van der Waals surface area contributed by atoms with Gasteiger partial charge >= 0.3 is 0 Å². The fourth-order valence-electron chi connectivity index (χ4n) is 1.81. The molecule has 0 fully saturated rings. The molecule has 1 aromatic carbocycles. The number of ether oxygens (including phenoxy) is 1. The van der Waals surface area contributed by atoms with Crippen molar-refractivity contribution in [1.29, 1.82) is 0 Å². The number of carbonyl (C=O) groups is 2. The Kier molecular flexibility index (Phi) is 2.99. The van der Waals surface area contributed by atoms with E-state index in [2.05, 4.69) is 0 Å². The summed E-state index contributed by atoms with van der Waals surface area (Å²) in [6, 6.07) is 5.32. The first-order valence-corrected chi connectivity index (χ1v) is 5.38. The minimum absolute atomic E-state index is 0.0000231. The van der Waals surface area contributed by atoms with Gasteiger partial charge in [0, 0.05) is 7.05 Å². The highest BCUT2D eigenvalue weighted by Crippen LogP contribution is 2.31. The number of rotatable bonds is 2. The lowest BCUT2D eigenvalue weighted by molar-refractivity contribution is -0.118. The van der Waals surface area contributed by atoms with Crippen LogP contribution in [-0.4, -0.2) is 25.5 Å². The second kappa shape index (κ2) is 4.45. The lowest BCUT2D eigenvalue weighted by Crippen LogP contribution is -2.25. The number of amides is 2. The van der Waals surface area contributed by atoms with Crippen molar-refractivity contribution >= 4 is 17.5 Å². The maximum atomic E-state index is 11.7. The number of anilines is 1. The Morgan fingerprint density at radius 2 is 2.29 bits per heavy atom. The van der Waals surface area contributed by atoms with Gasteiger partial charge in [0.05, 0.1) is 25.1 Å². The molecule has 5 heteroatoms. The summed E-state index contributed by atoms with van der Waals surface area (Å²) < 4.78 is 5.47. The lowest BCUT2D eigenvalue weighted by atomic mass is 10.1. The maximum Gasteiger partial charge on any atom is 0.230 e. The Morgan fingerprint density at radius 3 is 3.00 bits per heavy atom. The molecule has 1 aliphatic heterocycles. The third kappa shape index (κ3) is 2.38. The van der Waals surface area contributed by atoms with Crippen LogP contribution in [0, 0.1) is 0 Å². The number of benzene rings is 1. The van der Waals surface area contributed by atoms with Gasteiger partial charge in [-0.3, -0.25) is 9.59 Å². The minimum Gasteiger partial charge on any atom is -0.491 e. The number of nitrogens with two attached hydrogens (primary N) is 1. The summed E-state index contributed by atoms with van der Waals surface area (Å²) in [6.07, 6.45) is 0.519. The van der Waals surface area contributed by atoms with E-state index in [1.54, 1.807) is 30.1 Å². The van der Waals surface area contributed by atoms with Gasteiger partial charge in [0.25, 0.3) is 0 Å². The van der Waals surface area contributed by atoms with Gasteiger partial charge in [0.15, 0.2) is 0 Å². The Hall–Kier alpha value is -2.04. The van der Waals surface area contributed by atoms with Crippen LogP contribution in [0.2, 0.25) is 0 Å². The number of carbonyl (C=O) groups excluding carboxylic acids is 2. The number of fused-ring (bicyclic) bond motifs is 1. The molecular formula is C12H14N2O3. The van der Waals surface area contributed by atoms with Crippen molar-refractivity contribution in [2.24, 2.45) is 5.73 Å². The first-order valence-electron chi connectivity index (χ1n) is 5.38. The highest BCUT2D eigenvalue weighted by atomic mass is 16.5. The minimum atomic E-state index is -0.395. The molecule has 0 bridgehead atoms. The molecule has 0 saturated carbocycles. The number of hydrogen-bond donors (Lipinski definition) is 1. The third-order valence-electron chi connectivity index (χ3n) is 2.71. The standard InChI is InChI=1S/C12H14N2O3/c1-14-9-6-8(7-11(13)15)2-3-10(9)17-5-4-12(14)16/h2-3,6H,4-5,7H2,1H3,(H2,13,15). The number of hydrogen-bond acceptors (Lipinski definition) is 3. The zero-order valence-electron chi connectivity index (χ0n) is 9.60. The molecule has 0 radical (unpaired) electrons. The summed E-state index contributed by atoms with van der Waals surface area (Å²) in [4.78, 5) is 24.1. The van der Waals surface area contributed by atoms with Crippen LogP contribution < -0.4 is 15.4 Å². The molecule has 0 saturated heterocycles. The molecule has 1 aliphatic rings. The van der Waals surface area contributed by atoms with Crippen LogP contribution in [0.5, 0.6) is 5.75 Å². The average Bonchev–Trinajstić information content (AvgIpc) is 2.40. The van der Waals surface area contributed by atoms with E-state index in [1.165, 1.54) is 0 Å². The molecule has 2 amide bonds. The van der Waals surface area contributed by atoms with Crippen LogP contribution in [0.3, 0.4) is 0 Å².